The van der Waals surface area contributed by atoms with E-state index in [1.165, 1.54) is 15.9 Å². The molecule has 1 aromatic carbocycles. The highest BCUT2D eigenvalue weighted by Crippen LogP contribution is 2.31. The number of pyridine rings is 1. The Bertz CT molecular complexity index is 975. The summed E-state index contributed by atoms with van der Waals surface area (Å²) in [4.78, 5) is 24.7. The molecular formula is C17H16N4O3S. The van der Waals surface area contributed by atoms with E-state index >= 15 is 0 Å². The number of hydrogen-bond donors (Lipinski definition) is 1. The highest BCUT2D eigenvalue weighted by atomic mass is 32.1. The molecule has 1 aliphatic heterocycles. The third kappa shape index (κ3) is 3.31. The lowest BCUT2D eigenvalue weighted by Crippen LogP contribution is -2.27. The molecular weight excluding hydrogens is 340 g/mol. The van der Waals surface area contributed by atoms with Crippen LogP contribution in [0.15, 0.2) is 41.3 Å². The first kappa shape index (κ1) is 15.9. The number of nitrogens with zero attached hydrogens (tertiary/aromatic N) is 3. The van der Waals surface area contributed by atoms with Crippen molar-refractivity contribution >= 4 is 33.1 Å². The van der Waals surface area contributed by atoms with Crippen molar-refractivity contribution in [3.63, 3.8) is 0 Å². The number of benzene rings is 1. The fourth-order valence-electron chi connectivity index (χ4n) is 2.86. The Morgan fingerprint density at radius 2 is 2.20 bits per heavy atom. The van der Waals surface area contributed by atoms with E-state index in [0.29, 0.717) is 10.5 Å². The minimum absolute atomic E-state index is 0.0220. The summed E-state index contributed by atoms with van der Waals surface area (Å²) in [7, 11) is 0. The predicted octanol–water partition coefficient (Wildman–Crippen LogP) is 2.34. The van der Waals surface area contributed by atoms with Crippen LogP contribution in [0.5, 0.6) is 0 Å². The van der Waals surface area contributed by atoms with Gasteiger partial charge in [0.1, 0.15) is 17.7 Å². The molecule has 128 valence electrons. The third-order valence-electron chi connectivity index (χ3n) is 4.09. The molecule has 25 heavy (non-hydrogen) atoms. The Hall–Kier alpha value is -2.58. The second kappa shape index (κ2) is 6.73. The second-order valence-corrected chi connectivity index (χ2v) is 6.84. The van der Waals surface area contributed by atoms with E-state index in [9.17, 15) is 9.59 Å². The first-order valence-electron chi connectivity index (χ1n) is 8.04. The topological polar surface area (TPSA) is 86.1 Å². The lowest BCUT2D eigenvalue weighted by Gasteiger charge is -2.06. The quantitative estimate of drug-likeness (QED) is 0.775. The van der Waals surface area contributed by atoms with Crippen LogP contribution in [0.1, 0.15) is 24.0 Å². The van der Waals surface area contributed by atoms with Crippen LogP contribution in [0.2, 0.25) is 0 Å². The number of amides is 1. The van der Waals surface area contributed by atoms with E-state index in [0.717, 1.165) is 29.8 Å². The van der Waals surface area contributed by atoms with Gasteiger partial charge in [0, 0.05) is 18.2 Å². The average molecular weight is 356 g/mol. The van der Waals surface area contributed by atoms with Crippen LogP contribution < -0.4 is 10.9 Å². The van der Waals surface area contributed by atoms with Gasteiger partial charge in [-0.25, -0.2) is 0 Å². The third-order valence-corrected chi connectivity index (χ3v) is 5.02. The molecule has 3 aromatic rings. The summed E-state index contributed by atoms with van der Waals surface area (Å²) in [5, 5.41) is 13.4. The zero-order valence-electron chi connectivity index (χ0n) is 13.3. The molecule has 0 bridgehead atoms. The highest BCUT2D eigenvalue weighted by Gasteiger charge is 2.22. The molecule has 0 radical (unpaired) electrons. The molecule has 3 heterocycles. The van der Waals surface area contributed by atoms with Gasteiger partial charge in [-0.3, -0.25) is 14.9 Å². The van der Waals surface area contributed by atoms with Crippen molar-refractivity contribution in [3.05, 3.63) is 51.9 Å². The molecule has 1 aliphatic rings. The molecule has 0 spiro atoms. The van der Waals surface area contributed by atoms with Crippen LogP contribution in [0.4, 0.5) is 5.13 Å². The van der Waals surface area contributed by atoms with Crippen molar-refractivity contribution < 1.29 is 9.53 Å². The number of hydrogen-bond acceptors (Lipinski definition) is 6. The lowest BCUT2D eigenvalue weighted by atomic mass is 10.2. The van der Waals surface area contributed by atoms with Crippen LogP contribution in [0.25, 0.3) is 10.8 Å². The monoisotopic (exact) mass is 356 g/mol. The first-order chi connectivity index (χ1) is 12.2. The molecule has 1 saturated heterocycles. The molecule has 2 aromatic heterocycles. The minimum atomic E-state index is -0.313. The lowest BCUT2D eigenvalue weighted by molar-refractivity contribution is -0.116. The molecule has 7 nitrogen and oxygen atoms in total. The Labute approximate surface area is 147 Å². The number of carbonyl (C=O) groups excluding carboxylic acids is 1. The van der Waals surface area contributed by atoms with Gasteiger partial charge >= 0.3 is 0 Å². The number of fused-ring (bicyclic) bond motifs is 1. The summed E-state index contributed by atoms with van der Waals surface area (Å²) in [6.07, 6.45) is 3.54. The minimum Gasteiger partial charge on any atom is -0.371 e. The van der Waals surface area contributed by atoms with Gasteiger partial charge in [-0.15, -0.1) is 10.2 Å². The molecule has 1 N–H and O–H groups in total. The summed E-state index contributed by atoms with van der Waals surface area (Å²) in [6.45, 7) is 0.662. The van der Waals surface area contributed by atoms with Crippen molar-refractivity contribution in [2.24, 2.45) is 0 Å². The zero-order chi connectivity index (χ0) is 17.2. The van der Waals surface area contributed by atoms with Gasteiger partial charge in [0.25, 0.3) is 5.56 Å². The fourth-order valence-corrected chi connectivity index (χ4v) is 3.70. The normalized spacial score (nSPS) is 17.0. The van der Waals surface area contributed by atoms with E-state index in [1.807, 2.05) is 24.3 Å². The average Bonchev–Trinajstić information content (AvgIpc) is 3.29. The van der Waals surface area contributed by atoms with Crippen LogP contribution >= 0.6 is 11.3 Å². The number of ether oxygens (including phenoxy) is 1. The summed E-state index contributed by atoms with van der Waals surface area (Å²) in [5.41, 5.74) is -0.189. The fraction of sp³-hybridized carbons (Fsp3) is 0.294. The SMILES string of the molecule is O=C(Cn1ccc2ccccc2c1=O)Nc1nnc(C2CCCO2)s1. The molecule has 1 fully saturated rings. The highest BCUT2D eigenvalue weighted by molar-refractivity contribution is 7.15. The largest absolute Gasteiger partial charge is 0.371 e. The van der Waals surface area contributed by atoms with Crippen LogP contribution in [0, 0.1) is 0 Å². The number of carbonyl (C=O) groups is 1. The summed E-state index contributed by atoms with van der Waals surface area (Å²) < 4.78 is 6.95. The summed E-state index contributed by atoms with van der Waals surface area (Å²) in [6, 6.07) is 9.13. The first-order valence-corrected chi connectivity index (χ1v) is 8.85. The van der Waals surface area contributed by atoms with Gasteiger partial charge in [0.2, 0.25) is 11.0 Å². The maximum atomic E-state index is 12.4. The Morgan fingerprint density at radius 1 is 1.32 bits per heavy atom. The van der Waals surface area contributed by atoms with E-state index in [-0.39, 0.29) is 24.1 Å². The summed E-state index contributed by atoms with van der Waals surface area (Å²) in [5.74, 6) is -0.313. The van der Waals surface area contributed by atoms with Gasteiger partial charge in [-0.1, -0.05) is 29.5 Å². The van der Waals surface area contributed by atoms with E-state index in [4.69, 9.17) is 4.74 Å². The molecule has 8 heteroatoms. The van der Waals surface area contributed by atoms with Gasteiger partial charge in [-0.05, 0) is 30.4 Å². The van der Waals surface area contributed by atoms with E-state index in [2.05, 4.69) is 15.5 Å². The number of rotatable bonds is 4. The zero-order valence-corrected chi connectivity index (χ0v) is 14.2. The number of aromatic nitrogens is 3. The maximum Gasteiger partial charge on any atom is 0.258 e. The molecule has 0 aliphatic carbocycles. The Kier molecular flexibility index (Phi) is 4.29. The van der Waals surface area contributed by atoms with Crippen LogP contribution in [-0.2, 0) is 16.1 Å². The number of nitrogens with one attached hydrogen (secondary N) is 1. The summed E-state index contributed by atoms with van der Waals surface area (Å²) >= 11 is 1.31. The van der Waals surface area contributed by atoms with E-state index in [1.54, 1.807) is 12.3 Å². The van der Waals surface area contributed by atoms with Gasteiger partial charge in [0.15, 0.2) is 0 Å². The molecule has 1 amide bonds. The van der Waals surface area contributed by atoms with Gasteiger partial charge in [-0.2, -0.15) is 0 Å². The standard InChI is InChI=1S/C17H16N4O3S/c22-14(18-17-20-19-15(25-17)13-6-3-9-24-13)10-21-8-7-11-4-1-2-5-12(11)16(21)23/h1-2,4-5,7-8,13H,3,6,9-10H2,(H,18,20,22). The van der Waals surface area contributed by atoms with Crippen molar-refractivity contribution in [2.45, 2.75) is 25.5 Å². The van der Waals surface area contributed by atoms with Crippen molar-refractivity contribution in [1.29, 1.82) is 0 Å². The van der Waals surface area contributed by atoms with Crippen LogP contribution in [0.3, 0.4) is 0 Å². The Balaban J connectivity index is 1.47. The van der Waals surface area contributed by atoms with Crippen molar-refractivity contribution in [2.75, 3.05) is 11.9 Å². The number of anilines is 1. The second-order valence-electron chi connectivity index (χ2n) is 5.83. The van der Waals surface area contributed by atoms with Crippen LogP contribution in [-0.4, -0.2) is 27.3 Å². The molecule has 1 unspecified atom stereocenters. The smallest absolute Gasteiger partial charge is 0.258 e. The van der Waals surface area contributed by atoms with E-state index < -0.39 is 0 Å². The Morgan fingerprint density at radius 3 is 3.04 bits per heavy atom. The predicted molar refractivity (Wildman–Crippen MR) is 94.7 cm³/mol. The molecule has 1 atom stereocenters. The van der Waals surface area contributed by atoms with Gasteiger partial charge < -0.3 is 9.30 Å². The van der Waals surface area contributed by atoms with Crippen molar-refractivity contribution in [3.8, 4) is 0 Å². The molecule has 4 rings (SSSR count). The van der Waals surface area contributed by atoms with Crippen molar-refractivity contribution in [1.82, 2.24) is 14.8 Å². The van der Waals surface area contributed by atoms with Gasteiger partial charge in [0.05, 0.1) is 0 Å². The maximum absolute atomic E-state index is 12.4. The molecule has 0 saturated carbocycles.